The SMILES string of the molecule is Brc1cc2c3ccccc3n(-c3ccccc3)c2c2c1oc1ccccc12.Brc1cc2c3ccccc3n(-c3nc(-c4ccccc4)c4ccccc4n3)c2c2c1oc1ccccc12.Brc1cc2oc3ccccc3c2c2c1c1ccccc1n2-c1nc(-c2ccccc2)c2oc3ccc(-c4ccccc4)cc3c2n1.[2H]c1c([2H])c([2H])c(-c2ccc3c(c2)c2cc(Br)c4sc5ccccc5c4c2n3-c2ccccc2)c([2H])c1[2H]. The smallest absolute Gasteiger partial charge is 0.236 e. The Hall–Kier alpha value is -16.6. The second kappa shape index (κ2) is 34.1. The minimum atomic E-state index is -0.388. The van der Waals surface area contributed by atoms with Crippen LogP contribution in [-0.4, -0.2) is 38.2 Å². The van der Waals surface area contributed by atoms with Crippen LogP contribution in [0.1, 0.15) is 6.85 Å². The first-order valence-corrected chi connectivity index (χ1v) is 50.7. The second-order valence-electron chi connectivity index (χ2n) is 35.4. The summed E-state index contributed by atoms with van der Waals surface area (Å²) in [5.41, 5.74) is 25.7. The maximum absolute atomic E-state index is 8.51. The zero-order valence-electron chi connectivity index (χ0n) is 80.3. The molecule has 12 nitrogen and oxygen atoms in total. The van der Waals surface area contributed by atoms with Crippen molar-refractivity contribution in [2.24, 2.45) is 0 Å². The maximum Gasteiger partial charge on any atom is 0.236 e. The van der Waals surface area contributed by atoms with Crippen molar-refractivity contribution in [3.8, 4) is 68.0 Å². The molecule has 0 aliphatic rings. The normalized spacial score (nSPS) is 12.4. The van der Waals surface area contributed by atoms with Gasteiger partial charge in [0.2, 0.25) is 11.9 Å². The van der Waals surface area contributed by atoms with Crippen LogP contribution in [0.5, 0.6) is 0 Å². The molecule has 0 amide bonds. The van der Waals surface area contributed by atoms with Crippen molar-refractivity contribution >= 4 is 281 Å². The summed E-state index contributed by atoms with van der Waals surface area (Å²) in [4.78, 5) is 21.0. The Morgan fingerprint density at radius 3 is 1.28 bits per heavy atom. The second-order valence-corrected chi connectivity index (χ2v) is 39.8. The van der Waals surface area contributed by atoms with E-state index in [1.165, 1.54) is 42.0 Å². The Labute approximate surface area is 859 Å². The van der Waals surface area contributed by atoms with E-state index in [-0.39, 0.29) is 35.8 Å². The third kappa shape index (κ3) is 13.7. The highest BCUT2D eigenvalue weighted by Gasteiger charge is 2.30. The van der Waals surface area contributed by atoms with Crippen molar-refractivity contribution in [2.75, 3.05) is 0 Å². The predicted molar refractivity (Wildman–Crippen MR) is 606 cm³/mol. The number of hydrogen-bond acceptors (Lipinski definition) is 9. The third-order valence-electron chi connectivity index (χ3n) is 27.3. The molecule has 0 unspecified atom stereocenters. The largest absolute Gasteiger partial charge is 0.456 e. The van der Waals surface area contributed by atoms with Crippen molar-refractivity contribution < 1.29 is 24.5 Å². The minimum Gasteiger partial charge on any atom is -0.456 e. The summed E-state index contributed by atoms with van der Waals surface area (Å²) in [6.45, 7) is 0. The summed E-state index contributed by atoms with van der Waals surface area (Å²) in [6.07, 6.45) is 0. The summed E-state index contributed by atoms with van der Waals surface area (Å²) in [7, 11) is 0. The van der Waals surface area contributed by atoms with Gasteiger partial charge in [0.05, 0.1) is 92.0 Å². The topological polar surface area (TPSA) is 124 Å². The molecule has 20 aromatic carbocycles. The van der Waals surface area contributed by atoms with Crippen LogP contribution in [0.25, 0.3) is 274 Å². The Bertz CT molecular complexity index is 11000. The molecule has 11 heterocycles. The molecule has 0 fully saturated rings. The molecular formula is C126H72Br4N8O4S. The van der Waals surface area contributed by atoms with Gasteiger partial charge in [-0.1, -0.05) is 315 Å². The fourth-order valence-electron chi connectivity index (χ4n) is 21.2. The molecule has 31 rings (SSSR count). The molecule has 17 heteroatoms. The number of benzene rings is 20. The first-order chi connectivity index (χ1) is 72.7. The monoisotopic (exact) mass is 2110 g/mol. The fourth-order valence-corrected chi connectivity index (χ4v) is 24.6. The van der Waals surface area contributed by atoms with E-state index in [2.05, 4.69) is 355 Å². The number of nitrogens with zero attached hydrogens (tertiary/aromatic N) is 8. The Kier molecular flexibility index (Phi) is 18.9. The average Bonchev–Trinajstić information content (AvgIpc) is 1.59. The fraction of sp³-hybridized carbons (Fsp3) is 0. The molecule has 31 aromatic rings. The zero-order chi connectivity index (χ0) is 99.1. The van der Waals surface area contributed by atoms with Crippen molar-refractivity contribution in [2.45, 2.75) is 0 Å². The van der Waals surface area contributed by atoms with E-state index in [0.29, 0.717) is 23.0 Å². The third-order valence-corrected chi connectivity index (χ3v) is 31.2. The van der Waals surface area contributed by atoms with Gasteiger partial charge in [0.15, 0.2) is 16.7 Å². The van der Waals surface area contributed by atoms with E-state index in [4.69, 9.17) is 44.5 Å². The summed E-state index contributed by atoms with van der Waals surface area (Å²) < 4.78 is 82.1. The van der Waals surface area contributed by atoms with Gasteiger partial charge in [-0.25, -0.2) is 19.9 Å². The molecule has 0 aliphatic carbocycles. The number of hydrogen-bond donors (Lipinski definition) is 0. The van der Waals surface area contributed by atoms with Crippen LogP contribution in [-0.2, 0) is 0 Å². The lowest BCUT2D eigenvalue weighted by atomic mass is 10.0. The molecular weight excluding hydrogens is 2040 g/mol. The highest BCUT2D eigenvalue weighted by Crippen LogP contribution is 2.52. The maximum atomic E-state index is 8.51. The van der Waals surface area contributed by atoms with Crippen LogP contribution in [0.2, 0.25) is 0 Å². The van der Waals surface area contributed by atoms with Crippen molar-refractivity contribution in [3.05, 3.63) is 455 Å². The lowest BCUT2D eigenvalue weighted by Crippen LogP contribution is -2.03. The lowest BCUT2D eigenvalue weighted by molar-refractivity contribution is 0.666. The Morgan fingerprint density at radius 1 is 0.238 bits per heavy atom. The van der Waals surface area contributed by atoms with E-state index >= 15 is 0 Å². The van der Waals surface area contributed by atoms with E-state index in [9.17, 15) is 0 Å². The molecule has 0 bridgehead atoms. The molecule has 0 radical (unpaired) electrons. The summed E-state index contributed by atoms with van der Waals surface area (Å²) in [5.74, 6) is 1.20. The van der Waals surface area contributed by atoms with Gasteiger partial charge in [-0.3, -0.25) is 9.13 Å². The average molecular weight is 2120 g/mol. The van der Waals surface area contributed by atoms with Crippen LogP contribution >= 0.6 is 75.1 Å². The van der Waals surface area contributed by atoms with Gasteiger partial charge in [0.25, 0.3) is 0 Å². The van der Waals surface area contributed by atoms with Gasteiger partial charge in [0.1, 0.15) is 39.1 Å². The number of para-hydroxylation sites is 9. The van der Waals surface area contributed by atoms with E-state index in [0.717, 1.165) is 222 Å². The van der Waals surface area contributed by atoms with Gasteiger partial charge in [-0.2, -0.15) is 0 Å². The summed E-state index contributed by atoms with van der Waals surface area (Å²) in [6, 6.07) is 138. The first kappa shape index (κ1) is 79.2. The van der Waals surface area contributed by atoms with Crippen LogP contribution in [0.15, 0.2) is 472 Å². The van der Waals surface area contributed by atoms with Crippen LogP contribution in [0.3, 0.4) is 0 Å². The molecule has 0 spiro atoms. The van der Waals surface area contributed by atoms with Crippen LogP contribution in [0, 0.1) is 0 Å². The summed E-state index contributed by atoms with van der Waals surface area (Å²) >= 11 is 17.0. The zero-order valence-corrected chi connectivity index (χ0v) is 82.5. The lowest BCUT2D eigenvalue weighted by Gasteiger charge is -2.12. The molecule has 0 saturated carbocycles. The van der Waals surface area contributed by atoms with Crippen molar-refractivity contribution in [1.29, 1.82) is 0 Å². The molecule has 11 aromatic heterocycles. The quantitative estimate of drug-likeness (QED) is 0.147. The van der Waals surface area contributed by atoms with Crippen LogP contribution in [0.4, 0.5) is 0 Å². The standard InChI is InChI=1S/C40H22BrN3O2.C32H18BrN3O.C30H18BrNS.C24H14BrNO/c41-29-22-33-35(27-16-8-10-18-31(27)45-33)38-34(29)26-15-7-9-17-30(26)44(38)40-42-36(24-13-5-2-6-14-24)39-37(43-40)28-21-25(19-20-32(28)46-39)23-11-3-1-4-12-23;33-24-18-23-20-12-5-8-16-26(20)36(30(23)28-22-14-6-9-17-27(22)37-31(24)28)32-34-25-15-7-4-13-21(25)29(35-32)19-10-2-1-3-11-19;31-25-18-24-23-17-20(19-9-3-1-4-10-19)15-16-26(23)32(21-11-5-2-6-12-21)29(24)28-22-13-7-8-14-27(22)33-30(25)28;25-19-14-18-16-10-4-6-12-20(16)26(15-8-2-1-3-9-15)23(18)22-17-11-5-7-13-21(17)27-24(19)22/h1-22H;1-18H;1-18H;1-14H/i;;1D,3D,4D,9D,10D;. The molecule has 0 atom stereocenters. The van der Waals surface area contributed by atoms with Gasteiger partial charge in [-0.15, -0.1) is 11.3 Å². The predicted octanol–water partition coefficient (Wildman–Crippen LogP) is 37.6. The number of thiophene rings is 1. The number of rotatable bonds is 8. The van der Waals surface area contributed by atoms with E-state index in [1.54, 1.807) is 11.3 Å². The van der Waals surface area contributed by atoms with Crippen molar-refractivity contribution in [3.63, 3.8) is 0 Å². The van der Waals surface area contributed by atoms with Crippen molar-refractivity contribution in [1.82, 2.24) is 38.2 Å². The molecule has 143 heavy (non-hydrogen) atoms. The Balaban J connectivity index is 0.0000000966. The van der Waals surface area contributed by atoms with E-state index in [1.807, 2.05) is 133 Å². The molecule has 0 aliphatic heterocycles. The summed E-state index contributed by atoms with van der Waals surface area (Å²) in [5, 5.41) is 19.7. The van der Waals surface area contributed by atoms with Gasteiger partial charge in [-0.05, 0) is 207 Å². The number of aromatic nitrogens is 8. The minimum absolute atomic E-state index is 0.199. The number of fused-ring (bicyclic) bond motifs is 32. The number of furan rings is 4. The Morgan fingerprint density at radius 2 is 0.657 bits per heavy atom. The highest BCUT2D eigenvalue weighted by molar-refractivity contribution is 9.11. The number of halogens is 4. The molecule has 674 valence electrons. The highest BCUT2D eigenvalue weighted by atomic mass is 79.9. The van der Waals surface area contributed by atoms with Gasteiger partial charge >= 0.3 is 0 Å². The molecule has 0 N–H and O–H groups in total. The van der Waals surface area contributed by atoms with Gasteiger partial charge in [0, 0.05) is 117 Å². The van der Waals surface area contributed by atoms with Gasteiger partial charge < -0.3 is 26.8 Å². The van der Waals surface area contributed by atoms with Crippen LogP contribution < -0.4 is 0 Å². The van der Waals surface area contributed by atoms with E-state index < -0.39 is 0 Å². The molecule has 0 saturated heterocycles. The first-order valence-electron chi connectivity index (χ1n) is 49.2.